The molecule has 1 heterocycles. The van der Waals surface area contributed by atoms with Gasteiger partial charge in [0.15, 0.2) is 0 Å². The van der Waals surface area contributed by atoms with E-state index in [1.165, 1.54) is 5.56 Å². The molecule has 0 saturated heterocycles. The van der Waals surface area contributed by atoms with E-state index in [1.807, 2.05) is 13.0 Å². The number of hydrogen-bond acceptors (Lipinski definition) is 3. The van der Waals surface area contributed by atoms with Crippen LogP contribution in [0.2, 0.25) is 0 Å². The first-order valence-electron chi connectivity index (χ1n) is 6.68. The molecule has 0 unspecified atom stereocenters. The Balaban J connectivity index is 2.55. The molecule has 20 heavy (non-hydrogen) atoms. The molecule has 0 radical (unpaired) electrons. The number of hydrogen-bond donors (Lipinski definition) is 2. The van der Waals surface area contributed by atoms with Crippen molar-refractivity contribution in [3.05, 3.63) is 53.2 Å². The molecule has 0 aliphatic carbocycles. The summed E-state index contributed by atoms with van der Waals surface area (Å²) in [6, 6.07) is 10.1. The van der Waals surface area contributed by atoms with Gasteiger partial charge >= 0.3 is 0 Å². The maximum Gasteiger partial charge on any atom is 0.144 e. The van der Waals surface area contributed by atoms with E-state index in [-0.39, 0.29) is 5.84 Å². The smallest absolute Gasteiger partial charge is 0.144 e. The summed E-state index contributed by atoms with van der Waals surface area (Å²) in [7, 11) is 0. The van der Waals surface area contributed by atoms with Crippen LogP contribution in [0.3, 0.4) is 0 Å². The lowest BCUT2D eigenvalue weighted by Crippen LogP contribution is -2.24. The Bertz CT molecular complexity index is 617. The van der Waals surface area contributed by atoms with Crippen LogP contribution in [-0.2, 0) is 0 Å². The van der Waals surface area contributed by atoms with Crippen LogP contribution in [0.25, 0.3) is 0 Å². The van der Waals surface area contributed by atoms with Crippen LogP contribution in [0, 0.1) is 19.3 Å². The number of aromatic nitrogens is 1. The van der Waals surface area contributed by atoms with E-state index in [4.69, 9.17) is 11.1 Å². The van der Waals surface area contributed by atoms with Crippen molar-refractivity contribution < 1.29 is 0 Å². The largest absolute Gasteiger partial charge is 0.384 e. The predicted molar refractivity (Wildman–Crippen MR) is 83.8 cm³/mol. The number of amidine groups is 1. The molecule has 4 nitrogen and oxygen atoms in total. The highest BCUT2D eigenvalue weighted by atomic mass is 15.2. The van der Waals surface area contributed by atoms with E-state index >= 15 is 0 Å². The van der Waals surface area contributed by atoms with Gasteiger partial charge in [-0.05, 0) is 44.5 Å². The van der Waals surface area contributed by atoms with Crippen molar-refractivity contribution in [1.82, 2.24) is 4.98 Å². The van der Waals surface area contributed by atoms with Crippen LogP contribution < -0.4 is 10.6 Å². The van der Waals surface area contributed by atoms with Gasteiger partial charge in [0, 0.05) is 18.4 Å². The molecule has 0 bridgehead atoms. The van der Waals surface area contributed by atoms with E-state index < -0.39 is 0 Å². The standard InChI is InChI=1S/C16H20N4/c1-4-20(13-7-5-11(2)6-8-13)16-14(15(17)18)12(3)9-10-19-16/h5-10H,4H2,1-3H3,(H3,17,18). The molecular weight excluding hydrogens is 248 g/mol. The third-order valence-corrected chi connectivity index (χ3v) is 3.33. The first-order valence-corrected chi connectivity index (χ1v) is 6.68. The van der Waals surface area contributed by atoms with Crippen LogP contribution in [0.15, 0.2) is 36.5 Å². The highest BCUT2D eigenvalue weighted by molar-refractivity contribution is 6.01. The lowest BCUT2D eigenvalue weighted by molar-refractivity contribution is 0.982. The maximum absolute atomic E-state index is 7.79. The summed E-state index contributed by atoms with van der Waals surface area (Å²) in [5.74, 6) is 0.792. The van der Waals surface area contributed by atoms with Gasteiger partial charge in [0.25, 0.3) is 0 Å². The Morgan fingerprint density at radius 1 is 1.20 bits per heavy atom. The number of benzene rings is 1. The van der Waals surface area contributed by atoms with Crippen LogP contribution in [0.5, 0.6) is 0 Å². The molecule has 104 valence electrons. The number of nitrogens with zero attached hydrogens (tertiary/aromatic N) is 2. The lowest BCUT2D eigenvalue weighted by Gasteiger charge is -2.25. The van der Waals surface area contributed by atoms with E-state index in [0.717, 1.165) is 23.6 Å². The molecule has 0 atom stereocenters. The van der Waals surface area contributed by atoms with Gasteiger partial charge in [0.2, 0.25) is 0 Å². The minimum absolute atomic E-state index is 0.0520. The normalized spacial score (nSPS) is 10.3. The first-order chi connectivity index (χ1) is 9.54. The molecule has 4 heteroatoms. The Labute approximate surface area is 119 Å². The zero-order chi connectivity index (χ0) is 14.7. The molecule has 0 aliphatic rings. The third-order valence-electron chi connectivity index (χ3n) is 3.33. The van der Waals surface area contributed by atoms with E-state index in [1.54, 1.807) is 6.20 Å². The second-order valence-electron chi connectivity index (χ2n) is 4.82. The van der Waals surface area contributed by atoms with Gasteiger partial charge in [-0.15, -0.1) is 0 Å². The average Bonchev–Trinajstić information content (AvgIpc) is 2.41. The van der Waals surface area contributed by atoms with Gasteiger partial charge in [0.1, 0.15) is 11.7 Å². The second kappa shape index (κ2) is 5.74. The molecule has 0 saturated carbocycles. The fourth-order valence-electron chi connectivity index (χ4n) is 2.26. The van der Waals surface area contributed by atoms with Crippen LogP contribution >= 0.6 is 0 Å². The fraction of sp³-hybridized carbons (Fsp3) is 0.250. The molecule has 0 spiro atoms. The summed E-state index contributed by atoms with van der Waals surface area (Å²) < 4.78 is 0. The summed E-state index contributed by atoms with van der Waals surface area (Å²) in [6.07, 6.45) is 1.76. The van der Waals surface area contributed by atoms with Crippen molar-refractivity contribution in [2.75, 3.05) is 11.4 Å². The number of anilines is 2. The van der Waals surface area contributed by atoms with Gasteiger partial charge in [-0.1, -0.05) is 17.7 Å². The van der Waals surface area contributed by atoms with Gasteiger partial charge in [-0.3, -0.25) is 5.41 Å². The second-order valence-corrected chi connectivity index (χ2v) is 4.82. The van der Waals surface area contributed by atoms with Gasteiger partial charge in [-0.2, -0.15) is 0 Å². The first kappa shape index (κ1) is 14.1. The SMILES string of the molecule is CCN(c1ccc(C)cc1)c1nccc(C)c1C(=N)N. The summed E-state index contributed by atoms with van der Waals surface area (Å²) >= 11 is 0. The molecular formula is C16H20N4. The molecule has 0 fully saturated rings. The molecule has 0 amide bonds. The van der Waals surface area contributed by atoms with Gasteiger partial charge in [-0.25, -0.2) is 4.98 Å². The molecule has 0 aliphatic heterocycles. The average molecular weight is 268 g/mol. The summed E-state index contributed by atoms with van der Waals surface area (Å²) in [6.45, 7) is 6.84. The highest BCUT2D eigenvalue weighted by Crippen LogP contribution is 2.28. The Hall–Kier alpha value is -2.36. The number of nitrogens with two attached hydrogens (primary N) is 1. The van der Waals surface area contributed by atoms with E-state index in [0.29, 0.717) is 5.56 Å². The van der Waals surface area contributed by atoms with E-state index in [2.05, 4.69) is 48.0 Å². The fourth-order valence-corrected chi connectivity index (χ4v) is 2.26. The maximum atomic E-state index is 7.79. The number of rotatable bonds is 4. The van der Waals surface area contributed by atoms with Crippen molar-refractivity contribution in [3.63, 3.8) is 0 Å². The van der Waals surface area contributed by atoms with Gasteiger partial charge in [0.05, 0.1) is 5.56 Å². The molecule has 2 aromatic rings. The Morgan fingerprint density at radius 2 is 1.85 bits per heavy atom. The monoisotopic (exact) mass is 268 g/mol. The molecule has 2 rings (SSSR count). The number of nitrogens with one attached hydrogen (secondary N) is 1. The van der Waals surface area contributed by atoms with Gasteiger partial charge < -0.3 is 10.6 Å². The number of pyridine rings is 1. The minimum atomic E-state index is 0.0520. The predicted octanol–water partition coefficient (Wildman–Crippen LogP) is 3.14. The Kier molecular flexibility index (Phi) is 4.03. The van der Waals surface area contributed by atoms with Crippen molar-refractivity contribution >= 4 is 17.3 Å². The summed E-state index contributed by atoms with van der Waals surface area (Å²) in [5.41, 5.74) is 9.67. The summed E-state index contributed by atoms with van der Waals surface area (Å²) in [4.78, 5) is 6.51. The zero-order valence-corrected chi connectivity index (χ0v) is 12.1. The third kappa shape index (κ3) is 2.64. The van der Waals surface area contributed by atoms with E-state index in [9.17, 15) is 0 Å². The topological polar surface area (TPSA) is 66.0 Å². The van der Waals surface area contributed by atoms with Crippen LogP contribution in [-0.4, -0.2) is 17.4 Å². The number of nitrogen functional groups attached to an aromatic ring is 1. The zero-order valence-electron chi connectivity index (χ0n) is 12.1. The molecule has 3 N–H and O–H groups in total. The van der Waals surface area contributed by atoms with Crippen LogP contribution in [0.4, 0.5) is 11.5 Å². The molecule has 1 aromatic heterocycles. The highest BCUT2D eigenvalue weighted by Gasteiger charge is 2.16. The quantitative estimate of drug-likeness (QED) is 0.661. The summed E-state index contributed by atoms with van der Waals surface area (Å²) in [5, 5.41) is 7.79. The van der Waals surface area contributed by atoms with Crippen molar-refractivity contribution in [2.45, 2.75) is 20.8 Å². The van der Waals surface area contributed by atoms with Crippen molar-refractivity contribution in [1.29, 1.82) is 5.41 Å². The lowest BCUT2D eigenvalue weighted by atomic mass is 10.1. The van der Waals surface area contributed by atoms with Crippen LogP contribution in [0.1, 0.15) is 23.6 Å². The molecule has 1 aromatic carbocycles. The van der Waals surface area contributed by atoms with Crippen molar-refractivity contribution in [2.24, 2.45) is 5.73 Å². The minimum Gasteiger partial charge on any atom is -0.384 e. The Morgan fingerprint density at radius 3 is 2.40 bits per heavy atom. The van der Waals surface area contributed by atoms with Crippen molar-refractivity contribution in [3.8, 4) is 0 Å². The number of aryl methyl sites for hydroxylation is 2.